The largest absolute Gasteiger partial charge is 0.357 e. The number of piperidine rings is 1. The second-order valence-electron chi connectivity index (χ2n) is 9.10. The number of likely N-dealkylation sites (tertiary alicyclic amines) is 1. The van der Waals surface area contributed by atoms with Crippen molar-refractivity contribution in [3.05, 3.63) is 35.0 Å². The van der Waals surface area contributed by atoms with Crippen LogP contribution in [0.1, 0.15) is 37.8 Å². The van der Waals surface area contributed by atoms with Crippen LogP contribution in [0.25, 0.3) is 10.9 Å². The highest BCUT2D eigenvalue weighted by atomic mass is 35.5. The predicted molar refractivity (Wildman–Crippen MR) is 113 cm³/mol. The number of benzene rings is 1. The number of carbonyl (C=O) groups excluding carboxylic acids is 2. The number of fused-ring (bicyclic) bond motifs is 1. The van der Waals surface area contributed by atoms with Crippen LogP contribution in [-0.2, 0) is 11.3 Å². The molecule has 29 heavy (non-hydrogen) atoms. The second-order valence-corrected chi connectivity index (χ2v) is 9.54. The van der Waals surface area contributed by atoms with Crippen molar-refractivity contribution < 1.29 is 9.59 Å². The number of H-pyrrole nitrogens is 1. The van der Waals surface area contributed by atoms with Gasteiger partial charge in [0, 0.05) is 41.8 Å². The number of urea groups is 1. The highest BCUT2D eigenvalue weighted by Gasteiger charge is 2.62. The Hall–Kier alpha value is -2.21. The lowest BCUT2D eigenvalue weighted by atomic mass is 9.44. The minimum absolute atomic E-state index is 0.0358. The van der Waals surface area contributed by atoms with Gasteiger partial charge in [-0.3, -0.25) is 4.79 Å². The van der Waals surface area contributed by atoms with Crippen molar-refractivity contribution in [3.8, 4) is 0 Å². The van der Waals surface area contributed by atoms with E-state index in [2.05, 4.69) is 10.3 Å². The van der Waals surface area contributed by atoms with E-state index in [1.807, 2.05) is 36.2 Å². The lowest BCUT2D eigenvalue weighted by Crippen LogP contribution is -2.63. The molecule has 1 aromatic carbocycles. The molecule has 2 aromatic rings. The summed E-state index contributed by atoms with van der Waals surface area (Å²) in [7, 11) is 1.83. The van der Waals surface area contributed by atoms with E-state index in [9.17, 15) is 9.59 Å². The Bertz CT molecular complexity index is 954. The summed E-state index contributed by atoms with van der Waals surface area (Å²) in [4.78, 5) is 32.7. The molecular weight excluding hydrogens is 388 g/mol. The molecule has 1 aromatic heterocycles. The average molecular weight is 415 g/mol. The molecule has 4 aliphatic rings. The summed E-state index contributed by atoms with van der Waals surface area (Å²) in [5, 5.41) is 4.72. The van der Waals surface area contributed by atoms with Crippen molar-refractivity contribution in [2.24, 2.45) is 11.3 Å². The van der Waals surface area contributed by atoms with Crippen molar-refractivity contribution in [2.45, 2.75) is 44.7 Å². The van der Waals surface area contributed by atoms with E-state index in [4.69, 9.17) is 11.6 Å². The second kappa shape index (κ2) is 6.94. The Morgan fingerprint density at radius 3 is 2.83 bits per heavy atom. The molecule has 0 spiro atoms. The number of aromatic amines is 1. The standard InChI is InChI=1S/C22H27ClN4O2/c1-26(18-3-2-6-27(13-18)20(28)22-9-14(10-22)11-22)21(29)24-12-17-8-15-7-16(23)4-5-19(15)25-17/h4-5,7-8,14,18,25H,2-3,6,9-13H2,1H3,(H,24,29)/t14?,18-,22?/m1/s1. The first-order valence-electron chi connectivity index (χ1n) is 10.5. The zero-order chi connectivity index (χ0) is 20.2. The monoisotopic (exact) mass is 414 g/mol. The summed E-state index contributed by atoms with van der Waals surface area (Å²) in [6.07, 6.45) is 5.14. The zero-order valence-corrected chi connectivity index (χ0v) is 17.5. The maximum Gasteiger partial charge on any atom is 0.317 e. The molecule has 1 aliphatic heterocycles. The zero-order valence-electron chi connectivity index (χ0n) is 16.7. The van der Waals surface area contributed by atoms with E-state index in [1.165, 1.54) is 0 Å². The molecule has 2 bridgehead atoms. The van der Waals surface area contributed by atoms with Gasteiger partial charge in [-0.25, -0.2) is 4.79 Å². The first kappa shape index (κ1) is 18.8. The fourth-order valence-electron chi connectivity index (χ4n) is 5.25. The van der Waals surface area contributed by atoms with Crippen LogP contribution in [0.3, 0.4) is 0 Å². The molecule has 2 heterocycles. The van der Waals surface area contributed by atoms with Crippen LogP contribution in [0.4, 0.5) is 4.79 Å². The third kappa shape index (κ3) is 3.27. The van der Waals surface area contributed by atoms with Crippen molar-refractivity contribution in [1.82, 2.24) is 20.1 Å². The van der Waals surface area contributed by atoms with Gasteiger partial charge in [0.15, 0.2) is 0 Å². The van der Waals surface area contributed by atoms with E-state index in [0.717, 1.165) is 61.2 Å². The molecule has 1 saturated heterocycles. The topological polar surface area (TPSA) is 68.4 Å². The number of hydrogen-bond acceptors (Lipinski definition) is 2. The molecule has 154 valence electrons. The quantitative estimate of drug-likeness (QED) is 0.799. The van der Waals surface area contributed by atoms with Crippen LogP contribution in [0.15, 0.2) is 24.3 Å². The highest BCUT2D eigenvalue weighted by Crippen LogP contribution is 2.65. The van der Waals surface area contributed by atoms with Gasteiger partial charge in [-0.1, -0.05) is 11.6 Å². The Kier molecular flexibility index (Phi) is 4.50. The summed E-state index contributed by atoms with van der Waals surface area (Å²) in [6.45, 7) is 1.91. The SMILES string of the molecule is CN(C(=O)NCc1cc2cc(Cl)ccc2[nH]1)[C@@H]1CCCN(C(=O)C23CC(C2)C3)C1. The molecule has 3 aliphatic carbocycles. The number of aromatic nitrogens is 1. The average Bonchev–Trinajstić information content (AvgIpc) is 3.05. The number of nitrogens with zero attached hydrogens (tertiary/aromatic N) is 2. The first-order chi connectivity index (χ1) is 13.9. The van der Waals surface area contributed by atoms with Gasteiger partial charge in [0.25, 0.3) is 0 Å². The van der Waals surface area contributed by atoms with Gasteiger partial charge in [-0.15, -0.1) is 0 Å². The van der Waals surface area contributed by atoms with Crippen LogP contribution in [0.5, 0.6) is 0 Å². The molecule has 6 nitrogen and oxygen atoms in total. The fraction of sp³-hybridized carbons (Fsp3) is 0.545. The number of likely N-dealkylation sites (N-methyl/N-ethyl adjacent to an activating group) is 1. The molecule has 1 atom stereocenters. The van der Waals surface area contributed by atoms with Crippen molar-refractivity contribution in [1.29, 1.82) is 0 Å². The van der Waals surface area contributed by atoms with E-state index in [0.29, 0.717) is 24.0 Å². The Morgan fingerprint density at radius 1 is 1.31 bits per heavy atom. The lowest BCUT2D eigenvalue weighted by Gasteiger charge is -2.61. The van der Waals surface area contributed by atoms with Crippen LogP contribution in [0, 0.1) is 11.3 Å². The minimum Gasteiger partial charge on any atom is -0.357 e. The molecule has 6 rings (SSSR count). The molecule has 7 heteroatoms. The van der Waals surface area contributed by atoms with Gasteiger partial charge in [-0.2, -0.15) is 0 Å². The maximum absolute atomic E-state index is 12.9. The predicted octanol–water partition coefficient (Wildman–Crippen LogP) is 3.75. The normalized spacial score (nSPS) is 27.9. The van der Waals surface area contributed by atoms with Gasteiger partial charge < -0.3 is 20.1 Å². The summed E-state index contributed by atoms with van der Waals surface area (Å²) in [5.41, 5.74) is 1.90. The van der Waals surface area contributed by atoms with E-state index < -0.39 is 0 Å². The van der Waals surface area contributed by atoms with Crippen molar-refractivity contribution >= 4 is 34.4 Å². The van der Waals surface area contributed by atoms with Crippen LogP contribution in [-0.4, -0.2) is 52.9 Å². The lowest BCUT2D eigenvalue weighted by molar-refractivity contribution is -0.178. The van der Waals surface area contributed by atoms with Gasteiger partial charge >= 0.3 is 6.03 Å². The Labute approximate surface area is 175 Å². The number of halogens is 1. The minimum atomic E-state index is -0.105. The molecular formula is C22H27ClN4O2. The molecule has 2 N–H and O–H groups in total. The molecule has 0 unspecified atom stereocenters. The number of hydrogen-bond donors (Lipinski definition) is 2. The van der Waals surface area contributed by atoms with Crippen molar-refractivity contribution in [3.63, 3.8) is 0 Å². The number of amides is 3. The van der Waals surface area contributed by atoms with Crippen LogP contribution < -0.4 is 5.32 Å². The highest BCUT2D eigenvalue weighted by molar-refractivity contribution is 6.31. The molecule has 3 saturated carbocycles. The number of nitrogens with one attached hydrogen (secondary N) is 2. The summed E-state index contributed by atoms with van der Waals surface area (Å²) >= 11 is 6.04. The van der Waals surface area contributed by atoms with Crippen molar-refractivity contribution in [2.75, 3.05) is 20.1 Å². The van der Waals surface area contributed by atoms with Gasteiger partial charge in [0.1, 0.15) is 0 Å². The number of rotatable bonds is 4. The van der Waals surface area contributed by atoms with Gasteiger partial charge in [0.05, 0.1) is 18.0 Å². The molecule has 4 fully saturated rings. The van der Waals surface area contributed by atoms with Gasteiger partial charge in [-0.05, 0) is 62.3 Å². The van der Waals surface area contributed by atoms with Crippen LogP contribution in [0.2, 0.25) is 5.02 Å². The van der Waals surface area contributed by atoms with E-state index in [-0.39, 0.29) is 17.5 Å². The Balaban J connectivity index is 1.17. The Morgan fingerprint density at radius 2 is 2.10 bits per heavy atom. The number of carbonyl (C=O) groups is 2. The molecule has 3 amide bonds. The summed E-state index contributed by atoms with van der Waals surface area (Å²) in [5.74, 6) is 1.13. The fourth-order valence-corrected chi connectivity index (χ4v) is 5.43. The first-order valence-corrected chi connectivity index (χ1v) is 10.9. The third-order valence-electron chi connectivity index (χ3n) is 7.11. The molecule has 0 radical (unpaired) electrons. The smallest absolute Gasteiger partial charge is 0.317 e. The van der Waals surface area contributed by atoms with Gasteiger partial charge in [0.2, 0.25) is 5.91 Å². The van der Waals surface area contributed by atoms with Crippen LogP contribution >= 0.6 is 11.6 Å². The summed E-state index contributed by atoms with van der Waals surface area (Å²) < 4.78 is 0. The summed E-state index contributed by atoms with van der Waals surface area (Å²) in [6, 6.07) is 7.67. The maximum atomic E-state index is 12.9. The van der Waals surface area contributed by atoms with E-state index in [1.54, 1.807) is 4.90 Å². The third-order valence-corrected chi connectivity index (χ3v) is 7.35. The van der Waals surface area contributed by atoms with E-state index >= 15 is 0 Å².